The molecular weight excluding hydrogens is 368 g/mol. The summed E-state index contributed by atoms with van der Waals surface area (Å²) < 4.78 is 32.7. The summed E-state index contributed by atoms with van der Waals surface area (Å²) in [5.74, 6) is 0.772. The summed E-state index contributed by atoms with van der Waals surface area (Å²) in [7, 11) is -1.87. The summed E-state index contributed by atoms with van der Waals surface area (Å²) >= 11 is 1.52. The molecule has 0 unspecified atom stereocenters. The number of nitrogens with zero attached hydrogens (tertiary/aromatic N) is 1. The zero-order valence-electron chi connectivity index (χ0n) is 14.6. The SMILES string of the molecule is COc1ccccc1-c1nc(CCNS(=O)(=O)c2cccc(C)c2)cs1. The Bertz CT molecular complexity index is 997. The number of sulfonamides is 1. The van der Waals surface area contributed by atoms with Gasteiger partial charge in [0, 0.05) is 18.3 Å². The first-order valence-corrected chi connectivity index (χ1v) is 10.5. The number of aryl methyl sites for hydroxylation is 1. The number of thiazole rings is 1. The van der Waals surface area contributed by atoms with Gasteiger partial charge in [0.25, 0.3) is 0 Å². The van der Waals surface area contributed by atoms with Crippen LogP contribution < -0.4 is 9.46 Å². The molecule has 0 saturated carbocycles. The first-order valence-electron chi connectivity index (χ1n) is 8.14. The average molecular weight is 389 g/mol. The maximum atomic E-state index is 12.3. The number of aromatic nitrogens is 1. The fourth-order valence-electron chi connectivity index (χ4n) is 2.55. The molecule has 0 fully saturated rings. The van der Waals surface area contributed by atoms with E-state index in [2.05, 4.69) is 9.71 Å². The van der Waals surface area contributed by atoms with Crippen LogP contribution in [-0.2, 0) is 16.4 Å². The summed E-state index contributed by atoms with van der Waals surface area (Å²) in [5, 5.41) is 2.81. The van der Waals surface area contributed by atoms with Gasteiger partial charge in [-0.1, -0.05) is 24.3 Å². The zero-order valence-corrected chi connectivity index (χ0v) is 16.2. The number of hydrogen-bond donors (Lipinski definition) is 1. The van der Waals surface area contributed by atoms with Crippen molar-refractivity contribution in [3.8, 4) is 16.3 Å². The van der Waals surface area contributed by atoms with Crippen LogP contribution in [0.1, 0.15) is 11.3 Å². The monoisotopic (exact) mass is 388 g/mol. The van der Waals surface area contributed by atoms with E-state index in [-0.39, 0.29) is 4.90 Å². The van der Waals surface area contributed by atoms with Crippen LogP contribution in [0.15, 0.2) is 58.8 Å². The molecule has 0 amide bonds. The van der Waals surface area contributed by atoms with Crippen molar-refractivity contribution in [2.24, 2.45) is 0 Å². The molecule has 0 atom stereocenters. The van der Waals surface area contributed by atoms with Crippen LogP contribution in [0.5, 0.6) is 5.75 Å². The molecule has 136 valence electrons. The zero-order chi connectivity index (χ0) is 18.6. The molecule has 7 heteroatoms. The predicted molar refractivity (Wildman–Crippen MR) is 104 cm³/mol. The van der Waals surface area contributed by atoms with Gasteiger partial charge in [0.1, 0.15) is 10.8 Å². The second-order valence-corrected chi connectivity index (χ2v) is 8.43. The van der Waals surface area contributed by atoms with Crippen molar-refractivity contribution in [1.29, 1.82) is 0 Å². The van der Waals surface area contributed by atoms with Crippen molar-refractivity contribution in [2.45, 2.75) is 18.2 Å². The molecule has 0 aliphatic heterocycles. The molecule has 0 aliphatic rings. The first kappa shape index (κ1) is 18.6. The van der Waals surface area contributed by atoms with E-state index in [9.17, 15) is 8.42 Å². The quantitative estimate of drug-likeness (QED) is 0.671. The van der Waals surface area contributed by atoms with Crippen LogP contribution in [0, 0.1) is 6.92 Å². The lowest BCUT2D eigenvalue weighted by atomic mass is 10.2. The lowest BCUT2D eigenvalue weighted by Crippen LogP contribution is -2.26. The summed E-state index contributed by atoms with van der Waals surface area (Å²) in [6, 6.07) is 14.6. The smallest absolute Gasteiger partial charge is 0.240 e. The minimum atomic E-state index is -3.50. The highest BCUT2D eigenvalue weighted by Crippen LogP contribution is 2.31. The number of methoxy groups -OCH3 is 1. The Labute approximate surface area is 157 Å². The van der Waals surface area contributed by atoms with Crippen molar-refractivity contribution in [1.82, 2.24) is 9.71 Å². The number of hydrogen-bond acceptors (Lipinski definition) is 5. The van der Waals surface area contributed by atoms with Gasteiger partial charge in [0.05, 0.1) is 23.3 Å². The maximum Gasteiger partial charge on any atom is 0.240 e. The highest BCUT2D eigenvalue weighted by molar-refractivity contribution is 7.89. The molecule has 2 aromatic carbocycles. The highest BCUT2D eigenvalue weighted by Gasteiger charge is 2.14. The molecule has 3 rings (SSSR count). The van der Waals surface area contributed by atoms with E-state index in [1.807, 2.05) is 42.6 Å². The van der Waals surface area contributed by atoms with E-state index in [4.69, 9.17) is 4.74 Å². The molecule has 3 aromatic rings. The molecule has 0 aliphatic carbocycles. The van der Waals surface area contributed by atoms with E-state index in [0.717, 1.165) is 27.6 Å². The van der Waals surface area contributed by atoms with E-state index in [1.165, 1.54) is 11.3 Å². The Kier molecular flexibility index (Phi) is 5.70. The average Bonchev–Trinajstić information content (AvgIpc) is 3.10. The van der Waals surface area contributed by atoms with Gasteiger partial charge in [0.15, 0.2) is 0 Å². The van der Waals surface area contributed by atoms with E-state index in [0.29, 0.717) is 13.0 Å². The van der Waals surface area contributed by atoms with Gasteiger partial charge in [-0.3, -0.25) is 0 Å². The summed E-state index contributed by atoms with van der Waals surface area (Å²) in [4.78, 5) is 4.88. The number of para-hydroxylation sites is 1. The van der Waals surface area contributed by atoms with Crippen molar-refractivity contribution in [3.63, 3.8) is 0 Å². The molecule has 0 bridgehead atoms. The van der Waals surface area contributed by atoms with Gasteiger partial charge >= 0.3 is 0 Å². The minimum Gasteiger partial charge on any atom is -0.496 e. The fourth-order valence-corrected chi connectivity index (χ4v) is 4.57. The van der Waals surface area contributed by atoms with Gasteiger partial charge in [-0.05, 0) is 36.8 Å². The normalized spacial score (nSPS) is 11.5. The Morgan fingerprint density at radius 3 is 2.73 bits per heavy atom. The van der Waals surface area contributed by atoms with Gasteiger partial charge in [-0.15, -0.1) is 11.3 Å². The largest absolute Gasteiger partial charge is 0.496 e. The van der Waals surface area contributed by atoms with Crippen molar-refractivity contribution in [2.75, 3.05) is 13.7 Å². The van der Waals surface area contributed by atoms with Gasteiger partial charge in [-0.25, -0.2) is 18.1 Å². The lowest BCUT2D eigenvalue weighted by Gasteiger charge is -2.06. The van der Waals surface area contributed by atoms with E-state index >= 15 is 0 Å². The number of rotatable bonds is 7. The van der Waals surface area contributed by atoms with Crippen LogP contribution in [0.25, 0.3) is 10.6 Å². The van der Waals surface area contributed by atoms with Gasteiger partial charge < -0.3 is 4.74 Å². The van der Waals surface area contributed by atoms with Gasteiger partial charge in [-0.2, -0.15) is 0 Å². The van der Waals surface area contributed by atoms with Crippen LogP contribution >= 0.6 is 11.3 Å². The molecule has 1 N–H and O–H groups in total. The molecule has 1 heterocycles. The Morgan fingerprint density at radius 1 is 1.15 bits per heavy atom. The van der Waals surface area contributed by atoms with Crippen molar-refractivity contribution >= 4 is 21.4 Å². The Morgan fingerprint density at radius 2 is 1.96 bits per heavy atom. The summed E-state index contributed by atoms with van der Waals surface area (Å²) in [6.45, 7) is 2.17. The Balaban J connectivity index is 1.65. The van der Waals surface area contributed by atoms with Crippen molar-refractivity contribution in [3.05, 3.63) is 65.2 Å². The van der Waals surface area contributed by atoms with Crippen molar-refractivity contribution < 1.29 is 13.2 Å². The number of benzene rings is 2. The van der Waals surface area contributed by atoms with Crippen LogP contribution in [0.2, 0.25) is 0 Å². The molecule has 26 heavy (non-hydrogen) atoms. The van der Waals surface area contributed by atoms with Gasteiger partial charge in [0.2, 0.25) is 10.0 Å². The molecule has 1 aromatic heterocycles. The fraction of sp³-hybridized carbons (Fsp3) is 0.211. The molecule has 0 saturated heterocycles. The molecule has 0 radical (unpaired) electrons. The second-order valence-electron chi connectivity index (χ2n) is 5.81. The first-order chi connectivity index (χ1) is 12.5. The second kappa shape index (κ2) is 7.99. The summed E-state index contributed by atoms with van der Waals surface area (Å²) in [6.07, 6.45) is 0.524. The predicted octanol–water partition coefficient (Wildman–Crippen LogP) is 3.65. The molecular formula is C19H20N2O3S2. The molecule has 5 nitrogen and oxygen atoms in total. The third-order valence-electron chi connectivity index (χ3n) is 3.86. The highest BCUT2D eigenvalue weighted by atomic mass is 32.2. The maximum absolute atomic E-state index is 12.3. The standard InChI is InChI=1S/C19H20N2O3S2/c1-14-6-5-7-16(12-14)26(22,23)20-11-10-15-13-25-19(21-15)17-8-3-4-9-18(17)24-2/h3-9,12-13,20H,10-11H2,1-2H3. The Hall–Kier alpha value is -2.22. The lowest BCUT2D eigenvalue weighted by molar-refractivity contribution is 0.416. The number of ether oxygens (including phenoxy) is 1. The topological polar surface area (TPSA) is 68.3 Å². The third kappa shape index (κ3) is 4.30. The van der Waals surface area contributed by atoms with E-state index < -0.39 is 10.0 Å². The van der Waals surface area contributed by atoms with Crippen LogP contribution in [-0.4, -0.2) is 27.1 Å². The minimum absolute atomic E-state index is 0.283. The van der Waals surface area contributed by atoms with Crippen LogP contribution in [0.3, 0.4) is 0 Å². The van der Waals surface area contributed by atoms with E-state index in [1.54, 1.807) is 25.3 Å². The summed E-state index contributed by atoms with van der Waals surface area (Å²) in [5.41, 5.74) is 2.70. The van der Waals surface area contributed by atoms with Crippen LogP contribution in [0.4, 0.5) is 0 Å². The molecule has 0 spiro atoms. The number of nitrogens with one attached hydrogen (secondary N) is 1. The third-order valence-corrected chi connectivity index (χ3v) is 6.25.